The maximum absolute atomic E-state index is 12.7. The lowest BCUT2D eigenvalue weighted by atomic mass is 10.0. The highest BCUT2D eigenvalue weighted by Crippen LogP contribution is 2.25. The Kier molecular flexibility index (Phi) is 5.05. The van der Waals surface area contributed by atoms with E-state index in [1.807, 2.05) is 32.0 Å². The summed E-state index contributed by atoms with van der Waals surface area (Å²) in [7, 11) is -3.88. The monoisotopic (exact) mass is 348 g/mol. The third-order valence-electron chi connectivity index (χ3n) is 3.91. The zero-order valence-corrected chi connectivity index (χ0v) is 14.8. The third-order valence-corrected chi connectivity index (χ3v) is 5.59. The maximum atomic E-state index is 12.7. The number of benzene rings is 2. The van der Waals surface area contributed by atoms with Gasteiger partial charge in [-0.3, -0.25) is 10.1 Å². The van der Waals surface area contributed by atoms with Crippen LogP contribution in [0.15, 0.2) is 41.3 Å². The van der Waals surface area contributed by atoms with Crippen LogP contribution in [-0.4, -0.2) is 13.3 Å². The van der Waals surface area contributed by atoms with Gasteiger partial charge in [0.1, 0.15) is 0 Å². The van der Waals surface area contributed by atoms with Gasteiger partial charge in [-0.05, 0) is 44.4 Å². The predicted octanol–water partition coefficient (Wildman–Crippen LogP) is 3.56. The van der Waals surface area contributed by atoms with Crippen molar-refractivity contribution in [1.29, 1.82) is 0 Å². The van der Waals surface area contributed by atoms with E-state index in [2.05, 4.69) is 4.72 Å². The number of nitrogens with one attached hydrogen (secondary N) is 1. The smallest absolute Gasteiger partial charge is 0.258 e. The predicted molar refractivity (Wildman–Crippen MR) is 92.5 cm³/mol. The van der Waals surface area contributed by atoms with Gasteiger partial charge in [-0.1, -0.05) is 29.8 Å². The molecule has 0 saturated heterocycles. The van der Waals surface area contributed by atoms with Gasteiger partial charge in [-0.15, -0.1) is 0 Å². The fourth-order valence-electron chi connectivity index (χ4n) is 2.58. The van der Waals surface area contributed by atoms with Crippen molar-refractivity contribution in [2.24, 2.45) is 0 Å². The van der Waals surface area contributed by atoms with Gasteiger partial charge in [0.25, 0.3) is 5.69 Å². The van der Waals surface area contributed by atoms with E-state index in [4.69, 9.17) is 0 Å². The van der Waals surface area contributed by atoms with E-state index in [0.29, 0.717) is 5.56 Å². The Morgan fingerprint density at radius 3 is 2.29 bits per heavy atom. The molecule has 0 fully saturated rings. The molecule has 0 radical (unpaired) electrons. The molecule has 2 rings (SSSR count). The average molecular weight is 348 g/mol. The topological polar surface area (TPSA) is 89.3 Å². The van der Waals surface area contributed by atoms with E-state index in [1.165, 1.54) is 12.1 Å². The summed E-state index contributed by atoms with van der Waals surface area (Å²) >= 11 is 0. The molecule has 1 N–H and O–H groups in total. The molecule has 0 bridgehead atoms. The van der Waals surface area contributed by atoms with Gasteiger partial charge in [0.05, 0.1) is 9.82 Å². The van der Waals surface area contributed by atoms with Crippen LogP contribution in [0.5, 0.6) is 0 Å². The van der Waals surface area contributed by atoms with Crippen molar-refractivity contribution >= 4 is 15.7 Å². The molecule has 0 aliphatic carbocycles. The molecule has 128 valence electrons. The molecule has 0 spiro atoms. The minimum atomic E-state index is -3.88. The number of nitrogens with zero attached hydrogens (tertiary/aromatic N) is 1. The van der Waals surface area contributed by atoms with E-state index in [1.54, 1.807) is 13.8 Å². The first-order valence-corrected chi connectivity index (χ1v) is 8.94. The van der Waals surface area contributed by atoms with Crippen LogP contribution in [0.1, 0.15) is 35.2 Å². The minimum Gasteiger partial charge on any atom is -0.258 e. The summed E-state index contributed by atoms with van der Waals surface area (Å²) in [6.45, 7) is 7.22. The summed E-state index contributed by atoms with van der Waals surface area (Å²) in [6.07, 6.45) is 0. The van der Waals surface area contributed by atoms with E-state index in [0.717, 1.165) is 22.8 Å². The number of nitro groups is 1. The first kappa shape index (κ1) is 18.1. The first-order chi connectivity index (χ1) is 11.1. The second-order valence-electron chi connectivity index (χ2n) is 5.91. The molecule has 2 aromatic rings. The molecule has 0 heterocycles. The van der Waals surface area contributed by atoms with E-state index in [-0.39, 0.29) is 10.6 Å². The molecular weight excluding hydrogens is 328 g/mol. The highest BCUT2D eigenvalue weighted by atomic mass is 32.2. The molecule has 0 aliphatic rings. The lowest BCUT2D eigenvalue weighted by Crippen LogP contribution is -2.28. The number of rotatable bonds is 5. The van der Waals surface area contributed by atoms with Crippen LogP contribution in [0.2, 0.25) is 0 Å². The molecule has 0 aliphatic heterocycles. The van der Waals surface area contributed by atoms with Gasteiger partial charge in [0.15, 0.2) is 0 Å². The van der Waals surface area contributed by atoms with Crippen molar-refractivity contribution in [2.75, 3.05) is 0 Å². The van der Waals surface area contributed by atoms with Crippen molar-refractivity contribution in [2.45, 2.75) is 38.6 Å². The lowest BCUT2D eigenvalue weighted by molar-refractivity contribution is -0.385. The Bertz CT molecular complexity index is 891. The highest BCUT2D eigenvalue weighted by Gasteiger charge is 2.23. The van der Waals surface area contributed by atoms with E-state index < -0.39 is 21.0 Å². The number of sulfonamides is 1. The zero-order valence-electron chi connectivity index (χ0n) is 14.0. The fourth-order valence-corrected chi connectivity index (χ4v) is 4.07. The quantitative estimate of drug-likeness (QED) is 0.661. The summed E-state index contributed by atoms with van der Waals surface area (Å²) in [5, 5.41) is 10.9. The summed E-state index contributed by atoms with van der Waals surface area (Å²) < 4.78 is 28.0. The second-order valence-corrected chi connectivity index (χ2v) is 7.59. The fraction of sp³-hybridized carbons (Fsp3) is 0.294. The van der Waals surface area contributed by atoms with Crippen molar-refractivity contribution in [3.05, 3.63) is 68.8 Å². The van der Waals surface area contributed by atoms with Gasteiger partial charge in [0, 0.05) is 18.2 Å². The van der Waals surface area contributed by atoms with Gasteiger partial charge in [-0.25, -0.2) is 13.1 Å². The second kappa shape index (κ2) is 6.70. The lowest BCUT2D eigenvalue weighted by Gasteiger charge is -2.18. The number of hydrogen-bond donors (Lipinski definition) is 1. The summed E-state index contributed by atoms with van der Waals surface area (Å²) in [6, 6.07) is 9.21. The molecule has 7 heteroatoms. The third kappa shape index (κ3) is 3.80. The maximum Gasteiger partial charge on any atom is 0.270 e. The van der Waals surface area contributed by atoms with E-state index in [9.17, 15) is 18.5 Å². The molecule has 1 atom stereocenters. The van der Waals surface area contributed by atoms with Crippen LogP contribution >= 0.6 is 0 Å². The van der Waals surface area contributed by atoms with Gasteiger partial charge in [-0.2, -0.15) is 0 Å². The molecule has 0 amide bonds. The summed E-state index contributed by atoms with van der Waals surface area (Å²) in [5.41, 5.74) is 3.10. The average Bonchev–Trinajstić information content (AvgIpc) is 2.49. The van der Waals surface area contributed by atoms with Gasteiger partial charge >= 0.3 is 0 Å². The summed E-state index contributed by atoms with van der Waals surface area (Å²) in [4.78, 5) is 10.2. The van der Waals surface area contributed by atoms with Crippen LogP contribution in [0, 0.1) is 30.9 Å². The largest absolute Gasteiger partial charge is 0.270 e. The molecule has 0 saturated carbocycles. The number of non-ortho nitro benzene ring substituents is 1. The van der Waals surface area contributed by atoms with Crippen LogP contribution in [0.4, 0.5) is 5.69 Å². The van der Waals surface area contributed by atoms with Crippen LogP contribution in [-0.2, 0) is 10.0 Å². The molecule has 6 nitrogen and oxygen atoms in total. The number of aryl methyl sites for hydroxylation is 3. The van der Waals surface area contributed by atoms with Crippen LogP contribution in [0.3, 0.4) is 0 Å². The summed E-state index contributed by atoms with van der Waals surface area (Å²) in [5.74, 6) is 0. The van der Waals surface area contributed by atoms with Crippen molar-refractivity contribution in [3.63, 3.8) is 0 Å². The molecule has 0 aromatic heterocycles. The molecule has 0 unspecified atom stereocenters. The van der Waals surface area contributed by atoms with Crippen molar-refractivity contribution < 1.29 is 13.3 Å². The standard InChI is InChI=1S/C17H20N2O4S/c1-11-5-6-12(2)16(9-11)14(4)18-24(22,23)17-10-15(19(20)21)8-7-13(17)3/h5-10,14,18H,1-4H3/t14-/m1/s1. The zero-order chi connectivity index (χ0) is 18.1. The molecule has 2 aromatic carbocycles. The Morgan fingerprint density at radius 1 is 1.04 bits per heavy atom. The number of nitro benzene ring substituents is 1. The van der Waals surface area contributed by atoms with Crippen molar-refractivity contribution in [1.82, 2.24) is 4.72 Å². The van der Waals surface area contributed by atoms with Gasteiger partial charge in [0.2, 0.25) is 10.0 Å². The molecular formula is C17H20N2O4S. The SMILES string of the molecule is Cc1ccc(C)c([C@@H](C)NS(=O)(=O)c2cc([N+](=O)[O-])ccc2C)c1. The Labute approximate surface area is 141 Å². The normalized spacial score (nSPS) is 12.8. The van der Waals surface area contributed by atoms with Crippen molar-refractivity contribution in [3.8, 4) is 0 Å². The number of hydrogen-bond acceptors (Lipinski definition) is 4. The minimum absolute atomic E-state index is 0.0751. The Balaban J connectivity index is 2.39. The van der Waals surface area contributed by atoms with Crippen LogP contribution < -0.4 is 4.72 Å². The Hall–Kier alpha value is -2.25. The van der Waals surface area contributed by atoms with Crippen LogP contribution in [0.25, 0.3) is 0 Å². The Morgan fingerprint density at radius 2 is 1.67 bits per heavy atom. The van der Waals surface area contributed by atoms with E-state index >= 15 is 0 Å². The first-order valence-electron chi connectivity index (χ1n) is 7.46. The molecule has 24 heavy (non-hydrogen) atoms. The van der Waals surface area contributed by atoms with Gasteiger partial charge < -0.3 is 0 Å². The highest BCUT2D eigenvalue weighted by molar-refractivity contribution is 7.89.